The molecule has 0 radical (unpaired) electrons. The van der Waals surface area contributed by atoms with Crippen LogP contribution >= 0.6 is 0 Å². The summed E-state index contributed by atoms with van der Waals surface area (Å²) in [7, 11) is 4.07. The lowest BCUT2D eigenvalue weighted by Gasteiger charge is -2.19. The molecule has 0 saturated carbocycles. The average Bonchev–Trinajstić information content (AvgIpc) is 2.98. The Morgan fingerprint density at radius 1 is 1.22 bits per heavy atom. The van der Waals surface area contributed by atoms with Crippen molar-refractivity contribution in [1.29, 1.82) is 0 Å². The summed E-state index contributed by atoms with van der Waals surface area (Å²) in [4.78, 5) is 8.13. The number of alkyl halides is 3. The van der Waals surface area contributed by atoms with E-state index in [1.807, 2.05) is 21.0 Å². The van der Waals surface area contributed by atoms with E-state index in [9.17, 15) is 13.2 Å². The smallest absolute Gasteiger partial charge is 0.357 e. The van der Waals surface area contributed by atoms with Crippen LogP contribution in [-0.4, -0.2) is 68.3 Å². The minimum absolute atomic E-state index is 0.0207. The molecular weight excluding hydrogens is 355 g/mol. The van der Waals surface area contributed by atoms with Gasteiger partial charge in [0.25, 0.3) is 0 Å². The van der Waals surface area contributed by atoms with Gasteiger partial charge >= 0.3 is 6.18 Å². The fourth-order valence-corrected chi connectivity index (χ4v) is 3.15. The highest BCUT2D eigenvalue weighted by atomic mass is 19.4. The van der Waals surface area contributed by atoms with Gasteiger partial charge in [-0.05, 0) is 38.6 Å². The molecule has 1 fully saturated rings. The SMILES string of the molecule is CCNC(=NCc1ccc(CN(C)C)cc1)NC1CCN(CC(F)(F)F)C1. The largest absolute Gasteiger partial charge is 0.401 e. The van der Waals surface area contributed by atoms with Crippen molar-refractivity contribution in [3.63, 3.8) is 0 Å². The van der Waals surface area contributed by atoms with Crippen LogP contribution in [0.1, 0.15) is 24.5 Å². The quantitative estimate of drug-likeness (QED) is 0.559. The van der Waals surface area contributed by atoms with Gasteiger partial charge in [0.2, 0.25) is 0 Å². The molecule has 1 aromatic rings. The molecule has 1 aromatic carbocycles. The Hall–Kier alpha value is -1.80. The van der Waals surface area contributed by atoms with Gasteiger partial charge in [0.1, 0.15) is 0 Å². The predicted molar refractivity (Wildman–Crippen MR) is 103 cm³/mol. The second kappa shape index (κ2) is 9.94. The third kappa shape index (κ3) is 8.17. The highest BCUT2D eigenvalue weighted by molar-refractivity contribution is 5.80. The minimum Gasteiger partial charge on any atom is -0.357 e. The first kappa shape index (κ1) is 21.5. The summed E-state index contributed by atoms with van der Waals surface area (Å²) >= 11 is 0. The van der Waals surface area contributed by atoms with Crippen LogP contribution < -0.4 is 10.6 Å². The summed E-state index contributed by atoms with van der Waals surface area (Å²) in [6.45, 7) is 4.07. The van der Waals surface area contributed by atoms with E-state index in [1.165, 1.54) is 10.5 Å². The Kier molecular flexibility index (Phi) is 7.91. The fraction of sp³-hybridized carbons (Fsp3) is 0.632. The standard InChI is InChI=1S/C19H30F3N5/c1-4-23-18(25-17-9-10-27(13-17)14-19(20,21)22)24-11-15-5-7-16(8-6-15)12-26(2)3/h5-8,17H,4,9-14H2,1-3H3,(H2,23,24,25). The summed E-state index contributed by atoms with van der Waals surface area (Å²) in [6, 6.07) is 8.29. The van der Waals surface area contributed by atoms with Crippen molar-refractivity contribution in [2.75, 3.05) is 40.3 Å². The van der Waals surface area contributed by atoms with Crippen LogP contribution in [0.25, 0.3) is 0 Å². The maximum atomic E-state index is 12.5. The van der Waals surface area contributed by atoms with E-state index < -0.39 is 12.7 Å². The topological polar surface area (TPSA) is 42.9 Å². The van der Waals surface area contributed by atoms with Crippen molar-refractivity contribution in [3.8, 4) is 0 Å². The molecule has 27 heavy (non-hydrogen) atoms. The summed E-state index contributed by atoms with van der Waals surface area (Å²) in [5.74, 6) is 0.647. The number of halogens is 3. The Balaban J connectivity index is 1.89. The van der Waals surface area contributed by atoms with Crippen LogP contribution in [0.5, 0.6) is 0 Å². The number of likely N-dealkylation sites (tertiary alicyclic amines) is 1. The van der Waals surface area contributed by atoms with E-state index >= 15 is 0 Å². The number of hydrogen-bond donors (Lipinski definition) is 2. The Morgan fingerprint density at radius 3 is 2.48 bits per heavy atom. The van der Waals surface area contributed by atoms with Crippen LogP contribution in [0, 0.1) is 0 Å². The number of rotatable bonds is 7. The van der Waals surface area contributed by atoms with Gasteiger partial charge in [-0.25, -0.2) is 4.99 Å². The van der Waals surface area contributed by atoms with Crippen LogP contribution in [0.15, 0.2) is 29.3 Å². The minimum atomic E-state index is -4.15. The molecule has 1 unspecified atom stereocenters. The zero-order valence-electron chi connectivity index (χ0n) is 16.3. The van der Waals surface area contributed by atoms with Crippen LogP contribution in [0.2, 0.25) is 0 Å². The van der Waals surface area contributed by atoms with Crippen molar-refractivity contribution in [2.45, 2.75) is 38.7 Å². The van der Waals surface area contributed by atoms with Gasteiger partial charge in [0.05, 0.1) is 13.1 Å². The summed E-state index contributed by atoms with van der Waals surface area (Å²) < 4.78 is 37.6. The molecule has 1 heterocycles. The lowest BCUT2D eigenvalue weighted by molar-refractivity contribution is -0.143. The molecule has 0 spiro atoms. The monoisotopic (exact) mass is 385 g/mol. The first-order valence-corrected chi connectivity index (χ1v) is 9.31. The second-order valence-electron chi connectivity index (χ2n) is 7.23. The molecule has 5 nitrogen and oxygen atoms in total. The van der Waals surface area contributed by atoms with Crippen LogP contribution in [0.4, 0.5) is 13.2 Å². The normalized spacial score (nSPS) is 18.9. The maximum Gasteiger partial charge on any atom is 0.401 e. The molecule has 8 heteroatoms. The first-order chi connectivity index (χ1) is 12.7. The highest BCUT2D eigenvalue weighted by Crippen LogP contribution is 2.20. The number of guanidine groups is 1. The Bertz CT molecular complexity index is 598. The van der Waals surface area contributed by atoms with E-state index in [4.69, 9.17) is 0 Å². The summed E-state index contributed by atoms with van der Waals surface area (Å²) in [5, 5.41) is 6.44. The number of nitrogens with one attached hydrogen (secondary N) is 2. The van der Waals surface area contributed by atoms with E-state index in [0.717, 1.165) is 12.1 Å². The van der Waals surface area contributed by atoms with E-state index in [2.05, 4.69) is 44.8 Å². The lowest BCUT2D eigenvalue weighted by atomic mass is 10.1. The van der Waals surface area contributed by atoms with Crippen molar-refractivity contribution >= 4 is 5.96 Å². The Morgan fingerprint density at radius 2 is 1.89 bits per heavy atom. The summed E-state index contributed by atoms with van der Waals surface area (Å²) in [6.07, 6.45) is -3.47. The van der Waals surface area contributed by atoms with Crippen molar-refractivity contribution in [2.24, 2.45) is 4.99 Å². The number of aliphatic imine (C=N–C) groups is 1. The molecule has 2 N–H and O–H groups in total. The van der Waals surface area contributed by atoms with Gasteiger partial charge in [-0.15, -0.1) is 0 Å². The van der Waals surface area contributed by atoms with Crippen LogP contribution in [0.3, 0.4) is 0 Å². The highest BCUT2D eigenvalue weighted by Gasteiger charge is 2.34. The molecule has 1 atom stereocenters. The molecule has 1 aliphatic rings. The second-order valence-corrected chi connectivity index (χ2v) is 7.23. The van der Waals surface area contributed by atoms with Crippen molar-refractivity contribution < 1.29 is 13.2 Å². The molecule has 152 valence electrons. The number of benzene rings is 1. The summed E-state index contributed by atoms with van der Waals surface area (Å²) in [5.41, 5.74) is 2.34. The third-order valence-electron chi connectivity index (χ3n) is 4.30. The lowest BCUT2D eigenvalue weighted by Crippen LogP contribution is -2.45. The molecule has 2 rings (SSSR count). The predicted octanol–water partition coefficient (Wildman–Crippen LogP) is 2.44. The molecule has 0 bridgehead atoms. The van der Waals surface area contributed by atoms with E-state index in [0.29, 0.717) is 38.6 Å². The molecule has 0 amide bonds. The maximum absolute atomic E-state index is 12.5. The van der Waals surface area contributed by atoms with Crippen molar-refractivity contribution in [1.82, 2.24) is 20.4 Å². The van der Waals surface area contributed by atoms with E-state index in [1.54, 1.807) is 0 Å². The molecular formula is C19H30F3N5. The molecule has 1 saturated heterocycles. The zero-order valence-corrected chi connectivity index (χ0v) is 16.3. The molecule has 0 aromatic heterocycles. The van der Waals surface area contributed by atoms with Gasteiger partial charge < -0.3 is 15.5 Å². The van der Waals surface area contributed by atoms with Crippen LogP contribution in [-0.2, 0) is 13.1 Å². The van der Waals surface area contributed by atoms with Gasteiger partial charge in [0, 0.05) is 32.2 Å². The van der Waals surface area contributed by atoms with Gasteiger partial charge in [-0.3, -0.25) is 4.90 Å². The molecule has 0 aliphatic carbocycles. The molecule has 1 aliphatic heterocycles. The number of hydrogen-bond acceptors (Lipinski definition) is 3. The zero-order chi connectivity index (χ0) is 19.9. The van der Waals surface area contributed by atoms with E-state index in [-0.39, 0.29) is 6.04 Å². The average molecular weight is 385 g/mol. The Labute approximate surface area is 159 Å². The first-order valence-electron chi connectivity index (χ1n) is 9.31. The van der Waals surface area contributed by atoms with Gasteiger partial charge in [-0.2, -0.15) is 13.2 Å². The fourth-order valence-electron chi connectivity index (χ4n) is 3.15. The van der Waals surface area contributed by atoms with Crippen molar-refractivity contribution in [3.05, 3.63) is 35.4 Å². The number of nitrogens with zero attached hydrogens (tertiary/aromatic N) is 3. The van der Waals surface area contributed by atoms with Gasteiger partial charge in [0.15, 0.2) is 5.96 Å². The van der Waals surface area contributed by atoms with Gasteiger partial charge in [-0.1, -0.05) is 24.3 Å². The third-order valence-corrected chi connectivity index (χ3v) is 4.30.